The summed E-state index contributed by atoms with van der Waals surface area (Å²) in [5.74, 6) is 4.54. The van der Waals surface area contributed by atoms with Gasteiger partial charge in [-0.3, -0.25) is 20.4 Å². The Kier molecular flexibility index (Phi) is 13.3. The second-order valence-electron chi connectivity index (χ2n) is 6.96. The Morgan fingerprint density at radius 1 is 0.964 bits per heavy atom. The van der Waals surface area contributed by atoms with Crippen LogP contribution in [0.1, 0.15) is 77.6 Å². The van der Waals surface area contributed by atoms with Gasteiger partial charge < -0.3 is 0 Å². The monoisotopic (exact) mass is 388 g/mol. The van der Waals surface area contributed by atoms with E-state index in [4.69, 9.17) is 5.84 Å². The average molecular weight is 389 g/mol. The highest BCUT2D eigenvalue weighted by Gasteiger charge is 2.12. The lowest BCUT2D eigenvalue weighted by Crippen LogP contribution is -2.34. The Labute approximate surface area is 169 Å². The summed E-state index contributed by atoms with van der Waals surface area (Å²) in [5.41, 5.74) is 5.95. The maximum absolute atomic E-state index is 12.5. The van der Waals surface area contributed by atoms with Crippen LogP contribution < -0.4 is 16.7 Å². The number of allylic oxidation sites excluding steroid dienone is 1. The highest BCUT2D eigenvalue weighted by atomic mass is 16.2. The van der Waals surface area contributed by atoms with Gasteiger partial charge in [0.15, 0.2) is 0 Å². The summed E-state index contributed by atoms with van der Waals surface area (Å²) < 4.78 is 0. The number of amides is 2. The van der Waals surface area contributed by atoms with E-state index in [0.29, 0.717) is 0 Å². The SMILES string of the molecule is CCCCCCCCCCC=CN(Nc1ccccc1)C(=O)CCC(=O)NN. The normalized spacial score (nSPS) is 10.8. The van der Waals surface area contributed by atoms with Gasteiger partial charge in [-0.2, -0.15) is 0 Å². The third-order valence-electron chi connectivity index (χ3n) is 4.50. The molecule has 6 nitrogen and oxygen atoms in total. The largest absolute Gasteiger partial charge is 0.294 e. The maximum Gasteiger partial charge on any atom is 0.245 e. The van der Waals surface area contributed by atoms with E-state index in [2.05, 4.69) is 12.3 Å². The molecule has 0 unspecified atom stereocenters. The molecular weight excluding hydrogens is 352 g/mol. The van der Waals surface area contributed by atoms with E-state index in [0.717, 1.165) is 18.5 Å². The smallest absolute Gasteiger partial charge is 0.245 e. The molecule has 1 rings (SSSR count). The molecule has 4 N–H and O–H groups in total. The van der Waals surface area contributed by atoms with Crippen LogP contribution in [0, 0.1) is 0 Å². The van der Waals surface area contributed by atoms with Crippen molar-refractivity contribution in [2.24, 2.45) is 5.84 Å². The molecule has 156 valence electrons. The highest BCUT2D eigenvalue weighted by molar-refractivity contribution is 5.84. The van der Waals surface area contributed by atoms with Crippen molar-refractivity contribution in [1.82, 2.24) is 10.4 Å². The number of rotatable bonds is 15. The number of hydrogen-bond acceptors (Lipinski definition) is 4. The summed E-state index contributed by atoms with van der Waals surface area (Å²) >= 11 is 0. The van der Waals surface area contributed by atoms with Gasteiger partial charge in [0, 0.05) is 19.0 Å². The molecule has 0 heterocycles. The molecule has 6 heteroatoms. The molecule has 28 heavy (non-hydrogen) atoms. The van der Waals surface area contributed by atoms with Crippen molar-refractivity contribution in [2.45, 2.75) is 77.6 Å². The van der Waals surface area contributed by atoms with Gasteiger partial charge in [0.05, 0.1) is 5.69 Å². The second kappa shape index (κ2) is 15.7. The van der Waals surface area contributed by atoms with E-state index >= 15 is 0 Å². The van der Waals surface area contributed by atoms with Gasteiger partial charge in [-0.15, -0.1) is 0 Å². The number of benzene rings is 1. The van der Waals surface area contributed by atoms with Crippen LogP contribution in [0.5, 0.6) is 0 Å². The first kappa shape index (κ1) is 23.7. The molecule has 0 saturated carbocycles. The maximum atomic E-state index is 12.5. The lowest BCUT2D eigenvalue weighted by molar-refractivity contribution is -0.130. The van der Waals surface area contributed by atoms with Gasteiger partial charge in [-0.1, -0.05) is 76.1 Å². The van der Waals surface area contributed by atoms with Crippen LogP contribution in [0.25, 0.3) is 0 Å². The summed E-state index contributed by atoms with van der Waals surface area (Å²) in [6.07, 6.45) is 15.1. The van der Waals surface area contributed by atoms with Crippen molar-refractivity contribution in [1.29, 1.82) is 0 Å². The number of hydrazine groups is 2. The molecule has 0 aromatic heterocycles. The first-order valence-corrected chi connectivity index (χ1v) is 10.5. The Balaban J connectivity index is 2.40. The lowest BCUT2D eigenvalue weighted by atomic mass is 10.1. The van der Waals surface area contributed by atoms with Gasteiger partial charge >= 0.3 is 0 Å². The number of nitrogens with zero attached hydrogens (tertiary/aromatic N) is 1. The minimum Gasteiger partial charge on any atom is -0.294 e. The molecule has 0 atom stereocenters. The van der Waals surface area contributed by atoms with Crippen LogP contribution in [0.2, 0.25) is 0 Å². The predicted molar refractivity (Wildman–Crippen MR) is 115 cm³/mol. The fourth-order valence-corrected chi connectivity index (χ4v) is 2.82. The van der Waals surface area contributed by atoms with Gasteiger partial charge in [0.1, 0.15) is 0 Å². The zero-order chi connectivity index (χ0) is 20.5. The average Bonchev–Trinajstić information content (AvgIpc) is 2.72. The number of carbonyl (C=O) groups excluding carboxylic acids is 2. The molecule has 0 radical (unpaired) electrons. The molecule has 0 aliphatic carbocycles. The topological polar surface area (TPSA) is 87.5 Å². The fraction of sp³-hybridized carbons (Fsp3) is 0.545. The van der Waals surface area contributed by atoms with Crippen LogP contribution in [0.15, 0.2) is 42.6 Å². The summed E-state index contributed by atoms with van der Waals surface area (Å²) in [7, 11) is 0. The minimum atomic E-state index is -0.351. The Morgan fingerprint density at radius 3 is 2.25 bits per heavy atom. The predicted octanol–water partition coefficient (Wildman–Crippen LogP) is 4.66. The molecule has 1 aromatic rings. The van der Waals surface area contributed by atoms with Gasteiger partial charge in [-0.05, 0) is 25.0 Å². The van der Waals surface area contributed by atoms with Crippen LogP contribution in [-0.4, -0.2) is 16.8 Å². The van der Waals surface area contributed by atoms with Gasteiger partial charge in [-0.25, -0.2) is 10.9 Å². The van der Waals surface area contributed by atoms with Crippen molar-refractivity contribution in [3.8, 4) is 0 Å². The van der Waals surface area contributed by atoms with Crippen molar-refractivity contribution >= 4 is 17.5 Å². The van der Waals surface area contributed by atoms with E-state index in [-0.39, 0.29) is 24.7 Å². The number of unbranched alkanes of at least 4 members (excludes halogenated alkanes) is 8. The Hall–Kier alpha value is -2.34. The third kappa shape index (κ3) is 11.4. The van der Waals surface area contributed by atoms with Crippen LogP contribution in [0.3, 0.4) is 0 Å². The molecule has 0 bridgehead atoms. The van der Waals surface area contributed by atoms with Crippen molar-refractivity contribution < 1.29 is 9.59 Å². The standard InChI is InChI=1S/C22H36N4O2/c1-2-3-4-5-6-7-8-9-10-14-19-26(22(28)18-17-21(27)24-23)25-20-15-12-11-13-16-20/h11-16,19,25H,2-10,17-18,23H2,1H3,(H,24,27). The molecule has 0 aliphatic heterocycles. The number of anilines is 1. The van der Waals surface area contributed by atoms with Crippen LogP contribution >= 0.6 is 0 Å². The number of nitrogens with two attached hydrogens (primary N) is 1. The quantitative estimate of drug-likeness (QED) is 0.176. The van der Waals surface area contributed by atoms with Gasteiger partial charge in [0.25, 0.3) is 0 Å². The second-order valence-corrected chi connectivity index (χ2v) is 6.96. The van der Waals surface area contributed by atoms with Crippen molar-refractivity contribution in [2.75, 3.05) is 5.43 Å². The fourth-order valence-electron chi connectivity index (χ4n) is 2.82. The van der Waals surface area contributed by atoms with Crippen molar-refractivity contribution in [3.63, 3.8) is 0 Å². The Bertz CT molecular complexity index is 575. The van der Waals surface area contributed by atoms with E-state index in [1.807, 2.05) is 41.8 Å². The first-order valence-electron chi connectivity index (χ1n) is 10.5. The van der Waals surface area contributed by atoms with E-state index in [1.54, 1.807) is 6.20 Å². The molecule has 2 amide bonds. The highest BCUT2D eigenvalue weighted by Crippen LogP contribution is 2.12. The van der Waals surface area contributed by atoms with Crippen molar-refractivity contribution in [3.05, 3.63) is 42.6 Å². The van der Waals surface area contributed by atoms with Crippen LogP contribution in [0.4, 0.5) is 5.69 Å². The molecular formula is C22H36N4O2. The number of hydrogen-bond donors (Lipinski definition) is 3. The zero-order valence-electron chi connectivity index (χ0n) is 17.2. The first-order chi connectivity index (χ1) is 13.7. The van der Waals surface area contributed by atoms with E-state index in [1.165, 1.54) is 50.0 Å². The molecule has 0 spiro atoms. The van der Waals surface area contributed by atoms with Crippen LogP contribution in [-0.2, 0) is 9.59 Å². The van der Waals surface area contributed by atoms with Gasteiger partial charge in [0.2, 0.25) is 11.8 Å². The molecule has 0 saturated heterocycles. The molecule has 1 aromatic carbocycles. The number of carbonyl (C=O) groups is 2. The summed E-state index contributed by atoms with van der Waals surface area (Å²) in [6, 6.07) is 9.49. The summed E-state index contributed by atoms with van der Waals surface area (Å²) in [6.45, 7) is 2.24. The summed E-state index contributed by atoms with van der Waals surface area (Å²) in [4.78, 5) is 23.7. The summed E-state index contributed by atoms with van der Waals surface area (Å²) in [5, 5.41) is 1.45. The number of para-hydroxylation sites is 1. The Morgan fingerprint density at radius 2 is 1.61 bits per heavy atom. The molecule has 0 fully saturated rings. The lowest BCUT2D eigenvalue weighted by Gasteiger charge is -2.20. The van der Waals surface area contributed by atoms with E-state index < -0.39 is 0 Å². The third-order valence-corrected chi connectivity index (χ3v) is 4.50. The number of nitrogens with one attached hydrogen (secondary N) is 2. The van der Waals surface area contributed by atoms with E-state index in [9.17, 15) is 9.59 Å². The zero-order valence-corrected chi connectivity index (χ0v) is 17.2. The minimum absolute atomic E-state index is 0.0637. The molecule has 0 aliphatic rings.